The maximum atomic E-state index is 12.7. The van der Waals surface area contributed by atoms with Gasteiger partial charge >= 0.3 is 0 Å². The molecule has 0 bridgehead atoms. The minimum atomic E-state index is -3.81. The predicted molar refractivity (Wildman–Crippen MR) is 118 cm³/mol. The normalized spacial score (nSPS) is 11.2. The van der Waals surface area contributed by atoms with Gasteiger partial charge in [-0.1, -0.05) is 41.4 Å². The van der Waals surface area contributed by atoms with Crippen molar-refractivity contribution in [1.29, 1.82) is 0 Å². The van der Waals surface area contributed by atoms with Crippen molar-refractivity contribution in [2.75, 3.05) is 12.4 Å². The van der Waals surface area contributed by atoms with Gasteiger partial charge in [-0.2, -0.15) is 0 Å². The zero-order valence-electron chi connectivity index (χ0n) is 16.5. The molecule has 0 aliphatic heterocycles. The number of rotatable bonds is 7. The Bertz CT molecular complexity index is 1140. The van der Waals surface area contributed by atoms with Gasteiger partial charge in [-0.15, -0.1) is 0 Å². The standard InChI is InChI=1S/C22H21ClN2O4S/c1-15-3-7-17(8-4-15)22(26)25-20-13-19(11-12-21(20)29-2)30(27,28)24-14-16-5-9-18(23)10-6-16/h3-13,24H,14H2,1-2H3,(H,25,26). The number of hydrogen-bond donors (Lipinski definition) is 2. The van der Waals surface area contributed by atoms with E-state index in [-0.39, 0.29) is 23.0 Å². The van der Waals surface area contributed by atoms with E-state index in [4.69, 9.17) is 16.3 Å². The highest BCUT2D eigenvalue weighted by Gasteiger charge is 2.18. The number of benzene rings is 3. The van der Waals surface area contributed by atoms with Crippen LogP contribution in [0.5, 0.6) is 5.75 Å². The summed E-state index contributed by atoms with van der Waals surface area (Å²) in [5.41, 5.74) is 2.52. The minimum Gasteiger partial charge on any atom is -0.495 e. The first-order valence-corrected chi connectivity index (χ1v) is 10.9. The molecule has 2 N–H and O–H groups in total. The van der Waals surface area contributed by atoms with Crippen molar-refractivity contribution in [2.24, 2.45) is 0 Å². The molecular formula is C22H21ClN2O4S. The van der Waals surface area contributed by atoms with E-state index in [9.17, 15) is 13.2 Å². The lowest BCUT2D eigenvalue weighted by Crippen LogP contribution is -2.23. The Morgan fingerprint density at radius 1 is 1.00 bits per heavy atom. The van der Waals surface area contributed by atoms with Crippen LogP contribution in [0.15, 0.2) is 71.6 Å². The van der Waals surface area contributed by atoms with Crippen LogP contribution in [0.4, 0.5) is 5.69 Å². The summed E-state index contributed by atoms with van der Waals surface area (Å²) in [6.07, 6.45) is 0. The Balaban J connectivity index is 1.80. The SMILES string of the molecule is COc1ccc(S(=O)(=O)NCc2ccc(Cl)cc2)cc1NC(=O)c1ccc(C)cc1. The highest BCUT2D eigenvalue weighted by Crippen LogP contribution is 2.28. The van der Waals surface area contributed by atoms with Gasteiger partial charge in [0, 0.05) is 17.1 Å². The largest absolute Gasteiger partial charge is 0.495 e. The molecule has 0 radical (unpaired) electrons. The highest BCUT2D eigenvalue weighted by molar-refractivity contribution is 7.89. The molecule has 0 aromatic heterocycles. The molecule has 0 saturated heterocycles. The molecular weight excluding hydrogens is 424 g/mol. The van der Waals surface area contributed by atoms with Gasteiger partial charge in [0.1, 0.15) is 5.75 Å². The lowest BCUT2D eigenvalue weighted by molar-refractivity contribution is 0.102. The third-order valence-corrected chi connectivity index (χ3v) is 6.07. The van der Waals surface area contributed by atoms with Crippen LogP contribution < -0.4 is 14.8 Å². The summed E-state index contributed by atoms with van der Waals surface area (Å²) < 4.78 is 33.3. The number of carbonyl (C=O) groups is 1. The number of anilines is 1. The number of nitrogens with one attached hydrogen (secondary N) is 2. The molecule has 0 aliphatic rings. The van der Waals surface area contributed by atoms with Gasteiger partial charge in [0.2, 0.25) is 10.0 Å². The second-order valence-corrected chi connectivity index (χ2v) is 8.84. The fourth-order valence-electron chi connectivity index (χ4n) is 2.72. The Labute approximate surface area is 180 Å². The summed E-state index contributed by atoms with van der Waals surface area (Å²) >= 11 is 5.85. The summed E-state index contributed by atoms with van der Waals surface area (Å²) in [7, 11) is -2.36. The third kappa shape index (κ3) is 5.38. The van der Waals surface area contributed by atoms with Gasteiger partial charge in [0.05, 0.1) is 17.7 Å². The van der Waals surface area contributed by atoms with Crippen molar-refractivity contribution in [2.45, 2.75) is 18.4 Å². The van der Waals surface area contributed by atoms with E-state index < -0.39 is 10.0 Å². The maximum Gasteiger partial charge on any atom is 0.255 e. The molecule has 30 heavy (non-hydrogen) atoms. The van der Waals surface area contributed by atoms with Gasteiger partial charge in [-0.05, 0) is 55.0 Å². The number of carbonyl (C=O) groups excluding carboxylic acids is 1. The molecule has 3 aromatic rings. The Kier molecular flexibility index (Phi) is 6.77. The topological polar surface area (TPSA) is 84.5 Å². The van der Waals surface area contributed by atoms with Gasteiger partial charge in [-0.3, -0.25) is 4.79 Å². The first-order valence-electron chi connectivity index (χ1n) is 9.08. The van der Waals surface area contributed by atoms with Crippen molar-refractivity contribution in [1.82, 2.24) is 4.72 Å². The van der Waals surface area contributed by atoms with Crippen LogP contribution in [-0.4, -0.2) is 21.4 Å². The predicted octanol–water partition coefficient (Wildman–Crippen LogP) is 4.39. The molecule has 3 aromatic carbocycles. The summed E-state index contributed by atoms with van der Waals surface area (Å²) in [5.74, 6) is -0.0101. The number of methoxy groups -OCH3 is 1. The van der Waals surface area contributed by atoms with E-state index in [0.717, 1.165) is 11.1 Å². The first-order chi connectivity index (χ1) is 14.3. The van der Waals surface area contributed by atoms with E-state index in [2.05, 4.69) is 10.0 Å². The molecule has 0 aliphatic carbocycles. The molecule has 0 fully saturated rings. The van der Waals surface area contributed by atoms with Crippen LogP contribution in [0.3, 0.4) is 0 Å². The highest BCUT2D eigenvalue weighted by atomic mass is 35.5. The fraction of sp³-hybridized carbons (Fsp3) is 0.136. The van der Waals surface area contributed by atoms with E-state index in [1.165, 1.54) is 25.3 Å². The average molecular weight is 445 g/mol. The molecule has 6 nitrogen and oxygen atoms in total. The third-order valence-electron chi connectivity index (χ3n) is 4.42. The molecule has 156 valence electrons. The Hall–Kier alpha value is -2.87. The lowest BCUT2D eigenvalue weighted by atomic mass is 10.1. The quantitative estimate of drug-likeness (QED) is 0.566. The van der Waals surface area contributed by atoms with Crippen molar-refractivity contribution >= 4 is 33.2 Å². The van der Waals surface area contributed by atoms with Crippen LogP contribution in [0.2, 0.25) is 5.02 Å². The molecule has 8 heteroatoms. The number of halogens is 1. The molecule has 0 saturated carbocycles. The van der Waals surface area contributed by atoms with Crippen molar-refractivity contribution in [3.8, 4) is 5.75 Å². The molecule has 0 unspecified atom stereocenters. The van der Waals surface area contributed by atoms with E-state index in [0.29, 0.717) is 16.3 Å². The second-order valence-electron chi connectivity index (χ2n) is 6.63. The fourth-order valence-corrected chi connectivity index (χ4v) is 3.88. The van der Waals surface area contributed by atoms with Crippen LogP contribution in [0, 0.1) is 6.92 Å². The zero-order valence-corrected chi connectivity index (χ0v) is 18.0. The number of amides is 1. The van der Waals surface area contributed by atoms with Crippen LogP contribution in [0.25, 0.3) is 0 Å². The van der Waals surface area contributed by atoms with Crippen molar-refractivity contribution in [3.63, 3.8) is 0 Å². The Morgan fingerprint density at radius 2 is 1.67 bits per heavy atom. The van der Waals surface area contributed by atoms with Crippen molar-refractivity contribution < 1.29 is 17.9 Å². The number of aryl methyl sites for hydroxylation is 1. The molecule has 0 spiro atoms. The average Bonchev–Trinajstić information content (AvgIpc) is 2.73. The van der Waals surface area contributed by atoms with Crippen molar-refractivity contribution in [3.05, 3.63) is 88.4 Å². The van der Waals surface area contributed by atoms with Gasteiger partial charge in [0.15, 0.2) is 0 Å². The second kappa shape index (κ2) is 9.30. The lowest BCUT2D eigenvalue weighted by Gasteiger charge is -2.13. The molecule has 0 heterocycles. The number of hydrogen-bond acceptors (Lipinski definition) is 4. The molecule has 0 atom stereocenters. The smallest absolute Gasteiger partial charge is 0.255 e. The molecule has 1 amide bonds. The summed E-state index contributed by atoms with van der Waals surface area (Å²) in [6.45, 7) is 2.03. The van der Waals surface area contributed by atoms with E-state index >= 15 is 0 Å². The number of sulfonamides is 1. The number of ether oxygens (including phenoxy) is 1. The minimum absolute atomic E-state index is 0.0106. The van der Waals surface area contributed by atoms with Gasteiger partial charge < -0.3 is 10.1 Å². The van der Waals surface area contributed by atoms with Crippen LogP contribution >= 0.6 is 11.6 Å². The summed E-state index contributed by atoms with van der Waals surface area (Å²) in [4.78, 5) is 12.6. The summed E-state index contributed by atoms with van der Waals surface area (Å²) in [6, 6.07) is 18.2. The van der Waals surface area contributed by atoms with Crippen LogP contribution in [0.1, 0.15) is 21.5 Å². The summed E-state index contributed by atoms with van der Waals surface area (Å²) in [5, 5.41) is 3.29. The van der Waals surface area contributed by atoms with Gasteiger partial charge in [-0.25, -0.2) is 13.1 Å². The maximum absolute atomic E-state index is 12.7. The van der Waals surface area contributed by atoms with Crippen LogP contribution in [-0.2, 0) is 16.6 Å². The monoisotopic (exact) mass is 444 g/mol. The van der Waals surface area contributed by atoms with Gasteiger partial charge in [0.25, 0.3) is 5.91 Å². The van der Waals surface area contributed by atoms with E-state index in [1.54, 1.807) is 36.4 Å². The Morgan fingerprint density at radius 3 is 2.30 bits per heavy atom. The molecule has 3 rings (SSSR count). The first kappa shape index (κ1) is 21.8. The zero-order chi connectivity index (χ0) is 21.7. The van der Waals surface area contributed by atoms with E-state index in [1.807, 2.05) is 19.1 Å².